The highest BCUT2D eigenvalue weighted by atomic mass is 32.1. The van der Waals surface area contributed by atoms with E-state index in [1.165, 1.54) is 24.5 Å². The molecule has 5 aromatic rings. The molecule has 0 atom stereocenters. The number of aromatic nitrogens is 3. The second-order valence-corrected chi connectivity index (χ2v) is 8.25. The van der Waals surface area contributed by atoms with Gasteiger partial charge in [-0.1, -0.05) is 30.3 Å². The Labute approximate surface area is 193 Å². The molecular weight excluding hydrogens is 435 g/mol. The molecule has 7 heteroatoms. The van der Waals surface area contributed by atoms with Gasteiger partial charge in [0.25, 0.3) is 0 Å². The number of halogens is 1. The summed E-state index contributed by atoms with van der Waals surface area (Å²) in [5.74, 6) is -0.323. The SMILES string of the molecule is COc1ccc(-c2nn(-c3ccccc3)cc2/C=C(\C#N)c2nc3ccccc3s2)cc1F. The summed E-state index contributed by atoms with van der Waals surface area (Å²) in [5, 5.41) is 15.2. The molecule has 0 aliphatic rings. The lowest BCUT2D eigenvalue weighted by molar-refractivity contribution is 0.386. The summed E-state index contributed by atoms with van der Waals surface area (Å²) in [4.78, 5) is 4.61. The van der Waals surface area contributed by atoms with Gasteiger partial charge in [-0.15, -0.1) is 11.3 Å². The Bertz CT molecular complexity index is 1500. The van der Waals surface area contributed by atoms with Gasteiger partial charge in [-0.2, -0.15) is 10.4 Å². The van der Waals surface area contributed by atoms with Gasteiger partial charge in [-0.05, 0) is 48.5 Å². The quantitative estimate of drug-likeness (QED) is 0.291. The van der Waals surface area contributed by atoms with Crippen LogP contribution < -0.4 is 4.74 Å². The predicted molar refractivity (Wildman–Crippen MR) is 129 cm³/mol. The van der Waals surface area contributed by atoms with Gasteiger partial charge < -0.3 is 4.74 Å². The maximum absolute atomic E-state index is 14.5. The van der Waals surface area contributed by atoms with E-state index in [0.717, 1.165) is 15.9 Å². The molecule has 5 nitrogen and oxygen atoms in total. The van der Waals surface area contributed by atoms with Crippen LogP contribution in [-0.2, 0) is 0 Å². The van der Waals surface area contributed by atoms with Gasteiger partial charge in [0.2, 0.25) is 0 Å². The Morgan fingerprint density at radius 3 is 2.61 bits per heavy atom. The molecule has 2 heterocycles. The molecule has 0 unspecified atom stereocenters. The van der Waals surface area contributed by atoms with Crippen molar-refractivity contribution in [2.24, 2.45) is 0 Å². The number of thiazole rings is 1. The fourth-order valence-electron chi connectivity index (χ4n) is 3.53. The summed E-state index contributed by atoms with van der Waals surface area (Å²) >= 11 is 1.46. The van der Waals surface area contributed by atoms with Crippen molar-refractivity contribution in [3.8, 4) is 28.8 Å². The highest BCUT2D eigenvalue weighted by molar-refractivity contribution is 7.19. The molecule has 160 valence electrons. The molecule has 0 spiro atoms. The Kier molecular flexibility index (Phi) is 5.43. The van der Waals surface area contributed by atoms with Crippen LogP contribution in [0.25, 0.3) is 38.8 Å². The lowest BCUT2D eigenvalue weighted by Gasteiger charge is -2.04. The number of nitrogens with zero attached hydrogens (tertiary/aromatic N) is 4. The third kappa shape index (κ3) is 4.00. The zero-order valence-corrected chi connectivity index (χ0v) is 18.4. The number of methoxy groups -OCH3 is 1. The average molecular weight is 453 g/mol. The fraction of sp³-hybridized carbons (Fsp3) is 0.0385. The van der Waals surface area contributed by atoms with Crippen molar-refractivity contribution in [3.63, 3.8) is 0 Å². The zero-order chi connectivity index (χ0) is 22.8. The molecule has 0 aliphatic carbocycles. The number of fused-ring (bicyclic) bond motifs is 1. The number of hydrogen-bond acceptors (Lipinski definition) is 5. The molecule has 0 saturated heterocycles. The van der Waals surface area contributed by atoms with Crippen molar-refractivity contribution >= 4 is 33.2 Å². The van der Waals surface area contributed by atoms with E-state index in [4.69, 9.17) is 9.84 Å². The van der Waals surface area contributed by atoms with E-state index in [1.54, 1.807) is 22.9 Å². The summed E-state index contributed by atoms with van der Waals surface area (Å²) in [5.41, 5.74) is 3.92. The van der Waals surface area contributed by atoms with Gasteiger partial charge in [0.1, 0.15) is 16.8 Å². The first kappa shape index (κ1) is 20.6. The van der Waals surface area contributed by atoms with Gasteiger partial charge in [0.05, 0.1) is 28.6 Å². The normalized spacial score (nSPS) is 11.5. The molecule has 0 fully saturated rings. The van der Waals surface area contributed by atoms with Crippen LogP contribution in [0, 0.1) is 17.1 Å². The van der Waals surface area contributed by atoms with Crippen LogP contribution in [-0.4, -0.2) is 21.9 Å². The minimum Gasteiger partial charge on any atom is -0.494 e. The first-order valence-electron chi connectivity index (χ1n) is 10.1. The molecule has 2 aromatic heterocycles. The molecule has 5 rings (SSSR count). The number of benzene rings is 3. The van der Waals surface area contributed by atoms with Crippen LogP contribution >= 0.6 is 11.3 Å². The zero-order valence-electron chi connectivity index (χ0n) is 17.6. The standard InChI is InChI=1S/C26H17FN4OS/c1-32-23-12-11-17(14-21(23)27)25-19(16-31(30-25)20-7-3-2-4-8-20)13-18(15-28)26-29-22-9-5-6-10-24(22)33-26/h2-14,16H,1H3/b18-13+. The van der Waals surface area contributed by atoms with E-state index in [9.17, 15) is 9.65 Å². The van der Waals surface area contributed by atoms with Crippen LogP contribution in [0.15, 0.2) is 79.0 Å². The van der Waals surface area contributed by atoms with E-state index >= 15 is 0 Å². The highest BCUT2D eigenvalue weighted by Crippen LogP contribution is 2.32. The van der Waals surface area contributed by atoms with Crippen molar-refractivity contribution < 1.29 is 9.13 Å². The third-order valence-corrected chi connectivity index (χ3v) is 6.20. The van der Waals surface area contributed by atoms with E-state index in [-0.39, 0.29) is 5.75 Å². The van der Waals surface area contributed by atoms with Crippen molar-refractivity contribution in [1.29, 1.82) is 5.26 Å². The van der Waals surface area contributed by atoms with Gasteiger partial charge >= 0.3 is 0 Å². The molecule has 0 N–H and O–H groups in total. The summed E-state index contributed by atoms with van der Waals surface area (Å²) in [6, 6.07) is 24.3. The van der Waals surface area contributed by atoms with Gasteiger partial charge in [-0.25, -0.2) is 14.1 Å². The largest absolute Gasteiger partial charge is 0.494 e. The third-order valence-electron chi connectivity index (χ3n) is 5.13. The van der Waals surface area contributed by atoms with Crippen LogP contribution in [0.4, 0.5) is 4.39 Å². The Hall–Kier alpha value is -4.28. The number of nitriles is 1. The minimum absolute atomic E-state index is 0.158. The minimum atomic E-state index is -0.481. The summed E-state index contributed by atoms with van der Waals surface area (Å²) < 4.78 is 22.2. The van der Waals surface area contributed by atoms with Gasteiger partial charge in [0.15, 0.2) is 11.6 Å². The molecule has 33 heavy (non-hydrogen) atoms. The van der Waals surface area contributed by atoms with Crippen molar-refractivity contribution in [2.75, 3.05) is 7.11 Å². The van der Waals surface area contributed by atoms with Crippen LogP contribution in [0.3, 0.4) is 0 Å². The maximum atomic E-state index is 14.5. The van der Waals surface area contributed by atoms with Crippen molar-refractivity contribution in [1.82, 2.24) is 14.8 Å². The first-order valence-corrected chi connectivity index (χ1v) is 10.9. The number of ether oxygens (including phenoxy) is 1. The van der Waals surface area contributed by atoms with Crippen LogP contribution in [0.5, 0.6) is 5.75 Å². The molecule has 3 aromatic carbocycles. The Balaban J connectivity index is 1.67. The smallest absolute Gasteiger partial charge is 0.165 e. The first-order chi connectivity index (χ1) is 16.2. The van der Waals surface area contributed by atoms with E-state index < -0.39 is 5.82 Å². The molecule has 0 amide bonds. The van der Waals surface area contributed by atoms with E-state index in [0.29, 0.717) is 27.4 Å². The summed E-state index contributed by atoms with van der Waals surface area (Å²) in [7, 11) is 1.42. The summed E-state index contributed by atoms with van der Waals surface area (Å²) in [6.07, 6.45) is 3.58. The predicted octanol–water partition coefficient (Wildman–Crippen LogP) is 6.36. The molecular formula is C26H17FN4OS. The van der Waals surface area contributed by atoms with Crippen molar-refractivity contribution in [2.45, 2.75) is 0 Å². The lowest BCUT2D eigenvalue weighted by Crippen LogP contribution is -1.94. The topological polar surface area (TPSA) is 63.7 Å². The lowest BCUT2D eigenvalue weighted by atomic mass is 10.1. The number of rotatable bonds is 5. The second-order valence-electron chi connectivity index (χ2n) is 7.22. The van der Waals surface area contributed by atoms with E-state index in [2.05, 4.69) is 11.1 Å². The second kappa shape index (κ2) is 8.69. The van der Waals surface area contributed by atoms with Crippen LogP contribution in [0.2, 0.25) is 0 Å². The Morgan fingerprint density at radius 2 is 1.88 bits per heavy atom. The average Bonchev–Trinajstić information content (AvgIpc) is 3.47. The monoisotopic (exact) mass is 452 g/mol. The number of para-hydroxylation sites is 2. The summed E-state index contributed by atoms with van der Waals surface area (Å²) in [6.45, 7) is 0. The molecule has 0 bridgehead atoms. The van der Waals surface area contributed by atoms with Crippen molar-refractivity contribution in [3.05, 3.63) is 95.4 Å². The maximum Gasteiger partial charge on any atom is 0.165 e. The van der Waals surface area contributed by atoms with Crippen LogP contribution in [0.1, 0.15) is 10.6 Å². The molecule has 0 saturated carbocycles. The highest BCUT2D eigenvalue weighted by Gasteiger charge is 2.16. The van der Waals surface area contributed by atoms with Gasteiger partial charge in [0, 0.05) is 17.3 Å². The molecule has 0 radical (unpaired) electrons. The fourth-order valence-corrected chi connectivity index (χ4v) is 4.46. The number of hydrogen-bond donors (Lipinski definition) is 0. The number of allylic oxidation sites excluding steroid dienone is 1. The molecule has 0 aliphatic heterocycles. The Morgan fingerprint density at radius 1 is 1.09 bits per heavy atom. The van der Waals surface area contributed by atoms with E-state index in [1.807, 2.05) is 60.8 Å². The van der Waals surface area contributed by atoms with Gasteiger partial charge in [-0.3, -0.25) is 0 Å².